The molecule has 1 aromatic rings. The molecule has 5 heteroatoms. The van der Waals surface area contributed by atoms with E-state index in [4.69, 9.17) is 4.52 Å². The Labute approximate surface area is 122 Å². The minimum atomic E-state index is 0.248. The molecule has 2 heterocycles. The van der Waals surface area contributed by atoms with Crippen LogP contribution in [0.2, 0.25) is 0 Å². The molecule has 1 aliphatic rings. The maximum atomic E-state index is 5.52. The Hall–Kier alpha value is -0.940. The first-order valence-electron chi connectivity index (χ1n) is 8.04. The van der Waals surface area contributed by atoms with Crippen LogP contribution in [0.5, 0.6) is 0 Å². The summed E-state index contributed by atoms with van der Waals surface area (Å²) in [6, 6.07) is 0.248. The van der Waals surface area contributed by atoms with Gasteiger partial charge in [-0.1, -0.05) is 31.8 Å². The zero-order chi connectivity index (χ0) is 14.4. The van der Waals surface area contributed by atoms with Crippen LogP contribution in [-0.4, -0.2) is 41.2 Å². The molecule has 2 unspecified atom stereocenters. The van der Waals surface area contributed by atoms with Gasteiger partial charge in [0.1, 0.15) is 0 Å². The van der Waals surface area contributed by atoms with E-state index >= 15 is 0 Å². The fourth-order valence-electron chi connectivity index (χ4n) is 2.77. The number of unbranched alkanes of at least 4 members (excludes halogenated alkanes) is 1. The third-order valence-corrected chi connectivity index (χ3v) is 4.28. The molecule has 0 bridgehead atoms. The molecule has 1 N–H and O–H groups in total. The fraction of sp³-hybridized carbons (Fsp3) is 0.867. The molecule has 114 valence electrons. The average Bonchev–Trinajstić information content (AvgIpc) is 2.98. The van der Waals surface area contributed by atoms with E-state index < -0.39 is 0 Å². The van der Waals surface area contributed by atoms with Crippen LogP contribution in [0, 0.1) is 0 Å². The van der Waals surface area contributed by atoms with Crippen LogP contribution >= 0.6 is 0 Å². The molecule has 1 aliphatic heterocycles. The van der Waals surface area contributed by atoms with Crippen molar-refractivity contribution < 1.29 is 4.52 Å². The predicted molar refractivity (Wildman–Crippen MR) is 79.7 cm³/mol. The Morgan fingerprint density at radius 1 is 1.30 bits per heavy atom. The largest absolute Gasteiger partial charge is 0.339 e. The van der Waals surface area contributed by atoms with E-state index in [1.807, 2.05) is 0 Å². The van der Waals surface area contributed by atoms with Crippen LogP contribution in [0.4, 0.5) is 0 Å². The third kappa shape index (κ3) is 3.79. The zero-order valence-corrected chi connectivity index (χ0v) is 13.1. The van der Waals surface area contributed by atoms with Gasteiger partial charge in [0.05, 0.1) is 6.04 Å². The van der Waals surface area contributed by atoms with E-state index in [1.54, 1.807) is 0 Å². The van der Waals surface area contributed by atoms with Crippen molar-refractivity contribution in [2.45, 2.75) is 58.4 Å². The molecule has 0 aromatic carbocycles. The van der Waals surface area contributed by atoms with Crippen LogP contribution in [0.3, 0.4) is 0 Å². The van der Waals surface area contributed by atoms with Gasteiger partial charge in [0, 0.05) is 32.1 Å². The Morgan fingerprint density at radius 2 is 2.05 bits per heavy atom. The predicted octanol–water partition coefficient (Wildman–Crippen LogP) is 2.72. The van der Waals surface area contributed by atoms with E-state index in [1.165, 1.54) is 12.8 Å². The van der Waals surface area contributed by atoms with E-state index in [-0.39, 0.29) is 6.04 Å². The van der Waals surface area contributed by atoms with Crippen LogP contribution in [0.15, 0.2) is 4.52 Å². The highest BCUT2D eigenvalue weighted by Crippen LogP contribution is 2.26. The topological polar surface area (TPSA) is 54.2 Å². The lowest BCUT2D eigenvalue weighted by atomic mass is 9.99. The molecule has 0 spiro atoms. The van der Waals surface area contributed by atoms with Gasteiger partial charge in [-0.2, -0.15) is 4.98 Å². The molecule has 0 amide bonds. The maximum Gasteiger partial charge on any atom is 0.229 e. The van der Waals surface area contributed by atoms with Crippen LogP contribution < -0.4 is 5.32 Å². The van der Waals surface area contributed by atoms with Crippen molar-refractivity contribution in [3.63, 3.8) is 0 Å². The molecule has 0 radical (unpaired) electrons. The normalized spacial score (nSPS) is 19.9. The Bertz CT molecular complexity index is 387. The lowest BCUT2D eigenvalue weighted by Gasteiger charge is -2.30. The standard InChI is InChI=1S/C15H28N4O/c1-4-6-7-13(5-2)15-17-14(18-20-15)12(3)19-10-8-16-9-11-19/h12-13,16H,4-11H2,1-3H3. The van der Waals surface area contributed by atoms with Gasteiger partial charge in [0.15, 0.2) is 5.82 Å². The highest BCUT2D eigenvalue weighted by molar-refractivity contribution is 4.98. The second kappa shape index (κ2) is 7.74. The van der Waals surface area contributed by atoms with Crippen molar-refractivity contribution in [3.05, 3.63) is 11.7 Å². The summed E-state index contributed by atoms with van der Waals surface area (Å²) in [4.78, 5) is 7.08. The SMILES string of the molecule is CCCCC(CC)c1nc(C(C)N2CCNCC2)no1. The second-order valence-corrected chi connectivity index (χ2v) is 5.70. The first-order valence-corrected chi connectivity index (χ1v) is 8.04. The molecule has 1 aromatic heterocycles. The van der Waals surface area contributed by atoms with Gasteiger partial charge in [-0.05, 0) is 19.8 Å². The molecule has 1 saturated heterocycles. The number of rotatable bonds is 7. The van der Waals surface area contributed by atoms with Crippen molar-refractivity contribution in [2.75, 3.05) is 26.2 Å². The maximum absolute atomic E-state index is 5.52. The van der Waals surface area contributed by atoms with Crippen LogP contribution in [-0.2, 0) is 0 Å². The number of aromatic nitrogens is 2. The van der Waals surface area contributed by atoms with Gasteiger partial charge in [-0.15, -0.1) is 0 Å². The number of nitrogens with zero attached hydrogens (tertiary/aromatic N) is 3. The number of hydrogen-bond donors (Lipinski definition) is 1. The molecule has 2 atom stereocenters. The lowest BCUT2D eigenvalue weighted by molar-refractivity contribution is 0.176. The van der Waals surface area contributed by atoms with Gasteiger partial charge in [0.25, 0.3) is 0 Å². The third-order valence-electron chi connectivity index (χ3n) is 4.28. The highest BCUT2D eigenvalue weighted by atomic mass is 16.5. The summed E-state index contributed by atoms with van der Waals surface area (Å²) >= 11 is 0. The molecule has 0 aliphatic carbocycles. The smallest absolute Gasteiger partial charge is 0.229 e. The van der Waals surface area contributed by atoms with Gasteiger partial charge in [0.2, 0.25) is 5.89 Å². The molecule has 5 nitrogen and oxygen atoms in total. The molecule has 1 fully saturated rings. The summed E-state index contributed by atoms with van der Waals surface area (Å²) in [5.74, 6) is 2.10. The molecule has 2 rings (SSSR count). The van der Waals surface area contributed by atoms with Gasteiger partial charge < -0.3 is 9.84 Å². The number of piperazine rings is 1. The van der Waals surface area contributed by atoms with Crippen molar-refractivity contribution in [1.82, 2.24) is 20.4 Å². The van der Waals surface area contributed by atoms with E-state index in [9.17, 15) is 0 Å². The first kappa shape index (κ1) is 15.4. The van der Waals surface area contributed by atoms with E-state index in [0.29, 0.717) is 5.92 Å². The first-order chi connectivity index (χ1) is 9.76. The molecular weight excluding hydrogens is 252 g/mol. The van der Waals surface area contributed by atoms with Crippen molar-refractivity contribution in [3.8, 4) is 0 Å². The summed E-state index contributed by atoms with van der Waals surface area (Å²) in [6.45, 7) is 10.8. The Morgan fingerprint density at radius 3 is 2.70 bits per heavy atom. The lowest BCUT2D eigenvalue weighted by Crippen LogP contribution is -2.44. The van der Waals surface area contributed by atoms with E-state index in [0.717, 1.165) is 50.7 Å². The minimum Gasteiger partial charge on any atom is -0.339 e. The highest BCUT2D eigenvalue weighted by Gasteiger charge is 2.24. The summed E-state index contributed by atoms with van der Waals surface area (Å²) in [5, 5.41) is 7.59. The second-order valence-electron chi connectivity index (χ2n) is 5.70. The molecular formula is C15H28N4O. The Kier molecular flexibility index (Phi) is 5.98. The average molecular weight is 280 g/mol. The summed E-state index contributed by atoms with van der Waals surface area (Å²) in [7, 11) is 0. The zero-order valence-electron chi connectivity index (χ0n) is 13.1. The van der Waals surface area contributed by atoms with Gasteiger partial charge >= 0.3 is 0 Å². The minimum absolute atomic E-state index is 0.248. The number of hydrogen-bond acceptors (Lipinski definition) is 5. The van der Waals surface area contributed by atoms with Crippen LogP contribution in [0.1, 0.15) is 70.1 Å². The summed E-state index contributed by atoms with van der Waals surface area (Å²) in [5.41, 5.74) is 0. The molecule has 20 heavy (non-hydrogen) atoms. The van der Waals surface area contributed by atoms with Crippen molar-refractivity contribution in [1.29, 1.82) is 0 Å². The van der Waals surface area contributed by atoms with Crippen LogP contribution in [0.25, 0.3) is 0 Å². The molecule has 0 saturated carbocycles. The van der Waals surface area contributed by atoms with E-state index in [2.05, 4.69) is 41.1 Å². The Balaban J connectivity index is 1.99. The summed E-state index contributed by atoms with van der Waals surface area (Å²) < 4.78 is 5.52. The van der Waals surface area contributed by atoms with Gasteiger partial charge in [-0.25, -0.2) is 0 Å². The number of nitrogens with one attached hydrogen (secondary N) is 1. The summed E-state index contributed by atoms with van der Waals surface area (Å²) in [6.07, 6.45) is 4.67. The van der Waals surface area contributed by atoms with Crippen molar-refractivity contribution >= 4 is 0 Å². The van der Waals surface area contributed by atoms with Gasteiger partial charge in [-0.3, -0.25) is 4.90 Å². The quantitative estimate of drug-likeness (QED) is 0.832. The van der Waals surface area contributed by atoms with Crippen molar-refractivity contribution in [2.24, 2.45) is 0 Å². The fourth-order valence-corrected chi connectivity index (χ4v) is 2.77. The monoisotopic (exact) mass is 280 g/mol.